The molecular formula is C14H17F2N3O. The van der Waals surface area contributed by atoms with E-state index >= 15 is 0 Å². The molecule has 0 bridgehead atoms. The van der Waals surface area contributed by atoms with Gasteiger partial charge in [-0.1, -0.05) is 12.1 Å². The smallest absolute Gasteiger partial charge is 0.320 e. The van der Waals surface area contributed by atoms with Crippen LogP contribution in [-0.2, 0) is 6.61 Å². The average Bonchev–Trinajstić information content (AvgIpc) is 2.93. The lowest BCUT2D eigenvalue weighted by Crippen LogP contribution is -2.12. The van der Waals surface area contributed by atoms with Gasteiger partial charge in [0.25, 0.3) is 0 Å². The number of benzene rings is 1. The number of ether oxygens (including phenoxy) is 1. The Kier molecular flexibility index (Phi) is 4.68. The van der Waals surface area contributed by atoms with E-state index in [0.29, 0.717) is 5.75 Å². The first-order valence-corrected chi connectivity index (χ1v) is 6.31. The van der Waals surface area contributed by atoms with E-state index in [9.17, 15) is 8.78 Å². The lowest BCUT2D eigenvalue weighted by atomic mass is 10.1. The highest BCUT2D eigenvalue weighted by atomic mass is 19.3. The molecule has 1 unspecified atom stereocenters. The summed E-state index contributed by atoms with van der Waals surface area (Å²) in [6, 6.07) is 7.77. The van der Waals surface area contributed by atoms with Crippen LogP contribution in [0.5, 0.6) is 5.75 Å². The summed E-state index contributed by atoms with van der Waals surface area (Å²) >= 11 is 0. The van der Waals surface area contributed by atoms with Crippen LogP contribution >= 0.6 is 0 Å². The predicted octanol–water partition coefficient (Wildman–Crippen LogP) is 3.14. The number of alkyl halides is 2. The highest BCUT2D eigenvalue weighted by molar-refractivity contribution is 5.28. The van der Waals surface area contributed by atoms with Gasteiger partial charge < -0.3 is 10.1 Å². The van der Waals surface area contributed by atoms with Crippen LogP contribution in [0.4, 0.5) is 8.78 Å². The maximum Gasteiger partial charge on any atom is 0.320 e. The molecule has 4 nitrogen and oxygen atoms in total. The van der Waals surface area contributed by atoms with Crippen LogP contribution in [0.3, 0.4) is 0 Å². The Labute approximate surface area is 116 Å². The molecule has 1 N–H and O–H groups in total. The SMILES string of the molecule is CNC(C)c1ccc(OCc2nccn2C(F)F)cc1. The Bertz CT molecular complexity index is 540. The van der Waals surface area contributed by atoms with E-state index in [1.807, 2.05) is 31.3 Å². The number of rotatable bonds is 6. The minimum Gasteiger partial charge on any atom is -0.486 e. The second-order valence-corrected chi connectivity index (χ2v) is 4.40. The van der Waals surface area contributed by atoms with Gasteiger partial charge in [0.05, 0.1) is 0 Å². The van der Waals surface area contributed by atoms with Crippen molar-refractivity contribution in [1.82, 2.24) is 14.9 Å². The van der Waals surface area contributed by atoms with Gasteiger partial charge in [0.1, 0.15) is 12.4 Å². The van der Waals surface area contributed by atoms with Crippen LogP contribution < -0.4 is 10.1 Å². The zero-order valence-electron chi connectivity index (χ0n) is 11.4. The Hall–Kier alpha value is -1.95. The molecule has 1 atom stereocenters. The van der Waals surface area contributed by atoms with Crippen molar-refractivity contribution in [3.05, 3.63) is 48.0 Å². The topological polar surface area (TPSA) is 39.1 Å². The molecule has 0 aliphatic rings. The van der Waals surface area contributed by atoms with Crippen molar-refractivity contribution in [2.45, 2.75) is 26.1 Å². The number of hydrogen-bond acceptors (Lipinski definition) is 3. The van der Waals surface area contributed by atoms with Crippen LogP contribution in [0.2, 0.25) is 0 Å². The number of hydrogen-bond donors (Lipinski definition) is 1. The van der Waals surface area contributed by atoms with Crippen molar-refractivity contribution in [1.29, 1.82) is 0 Å². The quantitative estimate of drug-likeness (QED) is 0.884. The van der Waals surface area contributed by atoms with Crippen molar-refractivity contribution in [2.75, 3.05) is 7.05 Å². The Morgan fingerprint density at radius 1 is 1.30 bits per heavy atom. The number of imidazole rings is 1. The van der Waals surface area contributed by atoms with Gasteiger partial charge in [-0.2, -0.15) is 8.78 Å². The summed E-state index contributed by atoms with van der Waals surface area (Å²) in [4.78, 5) is 3.86. The van der Waals surface area contributed by atoms with Crippen molar-refractivity contribution >= 4 is 0 Å². The summed E-state index contributed by atoms with van der Waals surface area (Å²) in [5, 5.41) is 3.14. The van der Waals surface area contributed by atoms with E-state index in [-0.39, 0.29) is 18.5 Å². The number of nitrogens with one attached hydrogen (secondary N) is 1. The first kappa shape index (κ1) is 14.5. The molecule has 0 amide bonds. The van der Waals surface area contributed by atoms with Crippen LogP contribution in [0.1, 0.15) is 30.9 Å². The third kappa shape index (κ3) is 3.33. The first-order valence-electron chi connectivity index (χ1n) is 6.31. The van der Waals surface area contributed by atoms with Gasteiger partial charge in [-0.15, -0.1) is 0 Å². The highest BCUT2D eigenvalue weighted by Crippen LogP contribution is 2.19. The Balaban J connectivity index is 1.99. The lowest BCUT2D eigenvalue weighted by molar-refractivity contribution is 0.0632. The second kappa shape index (κ2) is 6.47. The van der Waals surface area contributed by atoms with Gasteiger partial charge in [0.2, 0.25) is 0 Å². The van der Waals surface area contributed by atoms with Crippen molar-refractivity contribution < 1.29 is 13.5 Å². The minimum atomic E-state index is -2.60. The molecule has 0 fully saturated rings. The molecule has 6 heteroatoms. The molecule has 1 aromatic heterocycles. The molecule has 2 aromatic rings. The lowest BCUT2D eigenvalue weighted by Gasteiger charge is -2.12. The van der Waals surface area contributed by atoms with E-state index in [2.05, 4.69) is 17.2 Å². The maximum atomic E-state index is 12.6. The Morgan fingerprint density at radius 2 is 2.00 bits per heavy atom. The molecule has 1 heterocycles. The van der Waals surface area contributed by atoms with Crippen LogP contribution in [0.25, 0.3) is 0 Å². The summed E-state index contributed by atoms with van der Waals surface area (Å²) in [5.74, 6) is 0.827. The molecule has 0 aliphatic heterocycles. The zero-order valence-corrected chi connectivity index (χ0v) is 11.4. The van der Waals surface area contributed by atoms with Crippen LogP contribution in [-0.4, -0.2) is 16.6 Å². The molecule has 0 spiro atoms. The minimum absolute atomic E-state index is 0.0122. The average molecular weight is 281 g/mol. The largest absolute Gasteiger partial charge is 0.486 e. The van der Waals surface area contributed by atoms with Crippen molar-refractivity contribution in [3.8, 4) is 5.75 Å². The van der Waals surface area contributed by atoms with Gasteiger partial charge in [-0.3, -0.25) is 4.57 Å². The van der Waals surface area contributed by atoms with E-state index in [0.717, 1.165) is 10.1 Å². The highest BCUT2D eigenvalue weighted by Gasteiger charge is 2.11. The molecule has 1 aromatic carbocycles. The molecule has 20 heavy (non-hydrogen) atoms. The Morgan fingerprint density at radius 3 is 2.60 bits per heavy atom. The van der Waals surface area contributed by atoms with Gasteiger partial charge in [-0.25, -0.2) is 4.98 Å². The summed E-state index contributed by atoms with van der Waals surface area (Å²) in [5.41, 5.74) is 1.13. The first-order chi connectivity index (χ1) is 9.61. The van der Waals surface area contributed by atoms with Gasteiger partial charge in [0, 0.05) is 18.4 Å². The third-order valence-electron chi connectivity index (χ3n) is 3.14. The van der Waals surface area contributed by atoms with E-state index < -0.39 is 6.55 Å². The van der Waals surface area contributed by atoms with Gasteiger partial charge in [-0.05, 0) is 31.7 Å². The van der Waals surface area contributed by atoms with E-state index in [1.54, 1.807) is 0 Å². The molecule has 2 rings (SSSR count). The molecule has 0 aliphatic carbocycles. The van der Waals surface area contributed by atoms with E-state index in [4.69, 9.17) is 4.74 Å². The fourth-order valence-electron chi connectivity index (χ4n) is 1.80. The molecule has 0 saturated carbocycles. The number of nitrogens with zero attached hydrogens (tertiary/aromatic N) is 2. The van der Waals surface area contributed by atoms with Crippen LogP contribution in [0.15, 0.2) is 36.7 Å². The zero-order chi connectivity index (χ0) is 14.5. The van der Waals surface area contributed by atoms with Crippen LogP contribution in [0, 0.1) is 0 Å². The molecule has 0 radical (unpaired) electrons. The monoisotopic (exact) mass is 281 g/mol. The standard InChI is InChI=1S/C14H17F2N3O/c1-10(17-2)11-3-5-12(6-4-11)20-9-13-18-7-8-19(13)14(15)16/h3-8,10,14,17H,9H2,1-2H3. The molecule has 0 saturated heterocycles. The predicted molar refractivity (Wildman–Crippen MR) is 71.7 cm³/mol. The summed E-state index contributed by atoms with van der Waals surface area (Å²) in [7, 11) is 1.89. The summed E-state index contributed by atoms with van der Waals surface area (Å²) in [6.07, 6.45) is 2.57. The molecule has 108 valence electrons. The van der Waals surface area contributed by atoms with E-state index in [1.165, 1.54) is 12.4 Å². The third-order valence-corrected chi connectivity index (χ3v) is 3.14. The van der Waals surface area contributed by atoms with Gasteiger partial charge in [0.15, 0.2) is 5.82 Å². The summed E-state index contributed by atoms with van der Waals surface area (Å²) in [6.45, 7) is -0.539. The van der Waals surface area contributed by atoms with Crippen molar-refractivity contribution in [3.63, 3.8) is 0 Å². The normalized spacial score (nSPS) is 12.7. The fraction of sp³-hybridized carbons (Fsp3) is 0.357. The van der Waals surface area contributed by atoms with Crippen molar-refractivity contribution in [2.24, 2.45) is 0 Å². The molecular weight excluding hydrogens is 264 g/mol. The number of aromatic nitrogens is 2. The maximum absolute atomic E-state index is 12.6. The summed E-state index contributed by atoms with van der Waals surface area (Å²) < 4.78 is 31.5. The van der Waals surface area contributed by atoms with Gasteiger partial charge >= 0.3 is 6.55 Å². The fourth-order valence-corrected chi connectivity index (χ4v) is 1.80. The second-order valence-electron chi connectivity index (χ2n) is 4.40. The number of halogens is 2.